The van der Waals surface area contributed by atoms with E-state index in [9.17, 15) is 0 Å². The number of ether oxygens (including phenoxy) is 2. The van der Waals surface area contributed by atoms with Crippen LogP contribution in [0.2, 0.25) is 5.02 Å². The van der Waals surface area contributed by atoms with Gasteiger partial charge in [-0.2, -0.15) is 5.10 Å². The molecule has 1 unspecified atom stereocenters. The van der Waals surface area contributed by atoms with Crippen LogP contribution in [0.3, 0.4) is 0 Å². The summed E-state index contributed by atoms with van der Waals surface area (Å²) < 4.78 is 13.1. The van der Waals surface area contributed by atoms with Gasteiger partial charge < -0.3 is 20.1 Å². The molecule has 2 heterocycles. The monoisotopic (exact) mass is 405 g/mol. The summed E-state index contributed by atoms with van der Waals surface area (Å²) in [6, 6.07) is 4.05. The Morgan fingerprint density at radius 2 is 2.07 bits per heavy atom. The number of hydrogen-bond acceptors (Lipinski definition) is 4. The molecule has 1 aliphatic heterocycles. The van der Waals surface area contributed by atoms with Crippen molar-refractivity contribution in [2.75, 3.05) is 20.3 Å². The van der Waals surface area contributed by atoms with Crippen LogP contribution in [0.1, 0.15) is 29.4 Å². The molecule has 0 saturated heterocycles. The van der Waals surface area contributed by atoms with Gasteiger partial charge in [-0.25, -0.2) is 0 Å². The maximum atomic E-state index is 6.32. The van der Waals surface area contributed by atoms with Gasteiger partial charge in [0.05, 0.1) is 10.7 Å². The zero-order valence-electron chi connectivity index (χ0n) is 17.1. The molecule has 28 heavy (non-hydrogen) atoms. The highest BCUT2D eigenvalue weighted by atomic mass is 35.5. The first-order chi connectivity index (χ1) is 13.4. The molecule has 152 valence electrons. The highest BCUT2D eigenvalue weighted by Crippen LogP contribution is 2.38. The Morgan fingerprint density at radius 3 is 2.75 bits per heavy atom. The van der Waals surface area contributed by atoms with E-state index in [2.05, 4.69) is 34.6 Å². The van der Waals surface area contributed by atoms with Crippen LogP contribution < -0.4 is 20.1 Å². The Labute approximate surface area is 171 Å². The average molecular weight is 406 g/mol. The molecule has 7 nitrogen and oxygen atoms in total. The smallest absolute Gasteiger partial charge is 0.191 e. The Hall–Kier alpha value is -2.41. The number of aliphatic imine (C=N–C) groups is 1. The van der Waals surface area contributed by atoms with Crippen molar-refractivity contribution < 1.29 is 9.47 Å². The van der Waals surface area contributed by atoms with E-state index < -0.39 is 0 Å². The molecule has 2 N–H and O–H groups in total. The van der Waals surface area contributed by atoms with Gasteiger partial charge in [0.15, 0.2) is 17.5 Å². The van der Waals surface area contributed by atoms with Gasteiger partial charge in [0.25, 0.3) is 0 Å². The van der Waals surface area contributed by atoms with Crippen molar-refractivity contribution >= 4 is 17.6 Å². The van der Waals surface area contributed by atoms with Crippen molar-refractivity contribution in [3.05, 3.63) is 39.7 Å². The van der Waals surface area contributed by atoms with Crippen molar-refractivity contribution in [1.29, 1.82) is 0 Å². The molecule has 0 spiro atoms. The quantitative estimate of drug-likeness (QED) is 0.591. The third-order valence-corrected chi connectivity index (χ3v) is 5.17. The highest BCUT2D eigenvalue weighted by Gasteiger charge is 2.17. The van der Waals surface area contributed by atoms with Crippen LogP contribution in [0.15, 0.2) is 17.1 Å². The molecule has 0 fully saturated rings. The standard InChI is InChI=1S/C20H28ClN5O2/c1-12(8-16-13(2)25-26(5)14(16)3)24-20(22-4)23-11-15-9-17(21)19-18(10-15)27-6-7-28-19/h9-10,12H,6-8,11H2,1-5H3,(H2,22,23,24). The van der Waals surface area contributed by atoms with Gasteiger partial charge in [0, 0.05) is 32.4 Å². The van der Waals surface area contributed by atoms with Crippen LogP contribution >= 0.6 is 11.6 Å². The Kier molecular flexibility index (Phi) is 6.34. The highest BCUT2D eigenvalue weighted by molar-refractivity contribution is 6.32. The molecule has 0 bridgehead atoms. The fourth-order valence-corrected chi connectivity index (χ4v) is 3.64. The van der Waals surface area contributed by atoms with Gasteiger partial charge in [-0.05, 0) is 50.5 Å². The summed E-state index contributed by atoms with van der Waals surface area (Å²) in [5.41, 5.74) is 4.54. The molecule has 0 saturated carbocycles. The minimum Gasteiger partial charge on any atom is -0.486 e. The second-order valence-electron chi connectivity index (χ2n) is 7.05. The Balaban J connectivity index is 1.60. The minimum atomic E-state index is 0.205. The number of rotatable bonds is 5. The maximum absolute atomic E-state index is 6.32. The second kappa shape index (κ2) is 8.73. The molecule has 2 aromatic rings. The fraction of sp³-hybridized carbons (Fsp3) is 0.500. The zero-order chi connectivity index (χ0) is 20.3. The average Bonchev–Trinajstić information content (AvgIpc) is 2.91. The molecule has 1 aromatic heterocycles. The van der Waals surface area contributed by atoms with Crippen molar-refractivity contribution in [2.45, 2.75) is 39.8 Å². The fourth-order valence-electron chi connectivity index (χ4n) is 3.35. The van der Waals surface area contributed by atoms with E-state index in [0.29, 0.717) is 36.3 Å². The van der Waals surface area contributed by atoms with Crippen molar-refractivity contribution in [2.24, 2.45) is 12.0 Å². The number of fused-ring (bicyclic) bond motifs is 1. The molecule has 0 amide bonds. The zero-order valence-corrected chi connectivity index (χ0v) is 17.9. The molecule has 0 aliphatic carbocycles. The SMILES string of the molecule is CN=C(NCc1cc(Cl)c2c(c1)OCCO2)NC(C)Cc1c(C)nn(C)c1C. The number of nitrogens with zero attached hydrogens (tertiary/aromatic N) is 3. The lowest BCUT2D eigenvalue weighted by atomic mass is 10.1. The van der Waals surface area contributed by atoms with Gasteiger partial charge in [-0.15, -0.1) is 0 Å². The number of guanidine groups is 1. The predicted octanol–water partition coefficient (Wildman–Crippen LogP) is 2.76. The van der Waals surface area contributed by atoms with E-state index in [1.165, 1.54) is 11.3 Å². The summed E-state index contributed by atoms with van der Waals surface area (Å²) in [7, 11) is 3.74. The Morgan fingerprint density at radius 1 is 1.32 bits per heavy atom. The molecular weight excluding hydrogens is 378 g/mol. The van der Waals surface area contributed by atoms with Gasteiger partial charge in [-0.3, -0.25) is 9.67 Å². The van der Waals surface area contributed by atoms with E-state index in [0.717, 1.165) is 23.6 Å². The van der Waals surface area contributed by atoms with Crippen LogP contribution in [0.5, 0.6) is 11.5 Å². The van der Waals surface area contributed by atoms with E-state index in [4.69, 9.17) is 21.1 Å². The van der Waals surface area contributed by atoms with Crippen LogP contribution in [-0.2, 0) is 20.0 Å². The number of hydrogen-bond donors (Lipinski definition) is 2. The molecule has 1 aliphatic rings. The number of nitrogens with one attached hydrogen (secondary N) is 2. The number of aryl methyl sites for hydroxylation is 2. The lowest BCUT2D eigenvalue weighted by Crippen LogP contribution is -2.42. The molecule has 8 heteroatoms. The van der Waals surface area contributed by atoms with Crippen molar-refractivity contribution in [3.63, 3.8) is 0 Å². The van der Waals surface area contributed by atoms with Crippen LogP contribution in [0.25, 0.3) is 0 Å². The predicted molar refractivity (Wildman–Crippen MR) is 112 cm³/mol. The largest absolute Gasteiger partial charge is 0.486 e. The topological polar surface area (TPSA) is 72.7 Å². The number of benzene rings is 1. The summed E-state index contributed by atoms with van der Waals surface area (Å²) in [5, 5.41) is 11.8. The molecule has 1 atom stereocenters. The van der Waals surface area contributed by atoms with Gasteiger partial charge in [0.1, 0.15) is 13.2 Å². The van der Waals surface area contributed by atoms with E-state index in [-0.39, 0.29) is 6.04 Å². The van der Waals surface area contributed by atoms with Crippen LogP contribution in [0.4, 0.5) is 0 Å². The van der Waals surface area contributed by atoms with Crippen LogP contribution in [0, 0.1) is 13.8 Å². The summed E-state index contributed by atoms with van der Waals surface area (Å²) >= 11 is 6.32. The van der Waals surface area contributed by atoms with E-state index in [1.54, 1.807) is 7.05 Å². The van der Waals surface area contributed by atoms with Gasteiger partial charge >= 0.3 is 0 Å². The molecule has 3 rings (SSSR count). The lowest BCUT2D eigenvalue weighted by molar-refractivity contribution is 0.171. The summed E-state index contributed by atoms with van der Waals surface area (Å²) in [4.78, 5) is 4.33. The van der Waals surface area contributed by atoms with Crippen LogP contribution in [-0.4, -0.2) is 42.0 Å². The third-order valence-electron chi connectivity index (χ3n) is 4.89. The molecule has 1 aromatic carbocycles. The van der Waals surface area contributed by atoms with E-state index in [1.807, 2.05) is 30.8 Å². The third kappa shape index (κ3) is 4.52. The Bertz CT molecular complexity index is 878. The normalized spacial score (nSPS) is 14.7. The van der Waals surface area contributed by atoms with Crippen molar-refractivity contribution in [1.82, 2.24) is 20.4 Å². The molecule has 0 radical (unpaired) electrons. The first kappa shape index (κ1) is 20.3. The second-order valence-corrected chi connectivity index (χ2v) is 7.46. The maximum Gasteiger partial charge on any atom is 0.191 e. The summed E-state index contributed by atoms with van der Waals surface area (Å²) in [6.07, 6.45) is 0.877. The summed E-state index contributed by atoms with van der Waals surface area (Å²) in [5.74, 6) is 2.04. The first-order valence-electron chi connectivity index (χ1n) is 9.43. The minimum absolute atomic E-state index is 0.205. The van der Waals surface area contributed by atoms with Gasteiger partial charge in [-0.1, -0.05) is 11.6 Å². The number of halogens is 1. The van der Waals surface area contributed by atoms with Crippen molar-refractivity contribution in [3.8, 4) is 11.5 Å². The number of aromatic nitrogens is 2. The lowest BCUT2D eigenvalue weighted by Gasteiger charge is -2.21. The first-order valence-corrected chi connectivity index (χ1v) is 9.81. The van der Waals surface area contributed by atoms with Gasteiger partial charge in [0.2, 0.25) is 0 Å². The van der Waals surface area contributed by atoms with E-state index >= 15 is 0 Å². The molecular formula is C20H28ClN5O2. The summed E-state index contributed by atoms with van der Waals surface area (Å²) in [6.45, 7) is 7.92.